The molecule has 0 aromatic heterocycles. The monoisotopic (exact) mass is 574 g/mol. The second kappa shape index (κ2) is 9.71. The number of methoxy groups -OCH3 is 1. The van der Waals surface area contributed by atoms with Gasteiger partial charge in [0.05, 0.1) is 24.1 Å². The topological polar surface area (TPSA) is 75.7 Å². The Balaban J connectivity index is 1.56. The number of ether oxygens (including phenoxy) is 1. The summed E-state index contributed by atoms with van der Waals surface area (Å²) in [5, 5.41) is 3.33. The summed E-state index contributed by atoms with van der Waals surface area (Å²) in [6.45, 7) is 2.00. The van der Waals surface area contributed by atoms with Crippen molar-refractivity contribution in [3.63, 3.8) is 0 Å². The number of allylic oxidation sites excluding steroid dienone is 1. The molecule has 208 valence electrons. The summed E-state index contributed by atoms with van der Waals surface area (Å²) in [5.41, 5.74) is 3.32. The third kappa shape index (κ3) is 3.55. The molecule has 0 saturated carbocycles. The van der Waals surface area contributed by atoms with Crippen molar-refractivity contribution in [1.82, 2.24) is 0 Å². The van der Waals surface area contributed by atoms with E-state index in [-0.39, 0.29) is 28.1 Å². The average molecular weight is 575 g/mol. The fourth-order valence-electron chi connectivity index (χ4n) is 7.16. The highest BCUT2D eigenvalue weighted by Gasteiger charge is 2.70. The van der Waals surface area contributed by atoms with E-state index in [4.69, 9.17) is 16.3 Å². The van der Waals surface area contributed by atoms with Crippen molar-refractivity contribution in [1.29, 1.82) is 0 Å². The van der Waals surface area contributed by atoms with E-state index < -0.39 is 23.4 Å². The van der Waals surface area contributed by atoms with Crippen molar-refractivity contribution in [2.75, 3.05) is 17.3 Å². The van der Waals surface area contributed by atoms with Crippen LogP contribution in [0.2, 0.25) is 5.02 Å². The second-order valence-corrected chi connectivity index (χ2v) is 11.4. The Morgan fingerprint density at radius 2 is 1.64 bits per heavy atom. The highest BCUT2D eigenvalue weighted by molar-refractivity contribution is 6.34. The molecular weight excluding hydrogens is 548 g/mol. The first kappa shape index (κ1) is 26.2. The fourth-order valence-corrected chi connectivity index (χ4v) is 7.39. The van der Waals surface area contributed by atoms with Gasteiger partial charge in [-0.3, -0.25) is 14.4 Å². The molecule has 0 radical (unpaired) electrons. The normalized spacial score (nSPS) is 23.5. The molecule has 1 amide bonds. The third-order valence-corrected chi connectivity index (χ3v) is 9.26. The number of fused-ring (bicyclic) bond motifs is 6. The Morgan fingerprint density at radius 3 is 2.45 bits per heavy atom. The molecule has 0 unspecified atom stereocenters. The zero-order valence-corrected chi connectivity index (χ0v) is 23.8. The first-order chi connectivity index (χ1) is 20.4. The minimum absolute atomic E-state index is 0.272. The van der Waals surface area contributed by atoms with E-state index in [1.54, 1.807) is 55.6 Å². The molecule has 0 aliphatic carbocycles. The number of ketones is 2. The van der Waals surface area contributed by atoms with Gasteiger partial charge in [0, 0.05) is 28.1 Å². The summed E-state index contributed by atoms with van der Waals surface area (Å²) >= 11 is 6.62. The summed E-state index contributed by atoms with van der Waals surface area (Å²) in [4.78, 5) is 46.2. The second-order valence-electron chi connectivity index (χ2n) is 11.0. The molecule has 6 nitrogen and oxygen atoms in total. The molecule has 7 rings (SSSR count). The van der Waals surface area contributed by atoms with Crippen LogP contribution in [0, 0.1) is 5.92 Å². The predicted octanol–water partition coefficient (Wildman–Crippen LogP) is 6.59. The highest BCUT2D eigenvalue weighted by Crippen LogP contribution is 2.59. The number of para-hydroxylation sites is 2. The fraction of sp³-hybridized carbons (Fsp3) is 0.171. The quantitative estimate of drug-likeness (QED) is 0.272. The van der Waals surface area contributed by atoms with Gasteiger partial charge in [-0.2, -0.15) is 0 Å². The smallest absolute Gasteiger partial charge is 0.238 e. The molecule has 3 heterocycles. The third-order valence-electron chi connectivity index (χ3n) is 8.93. The molecule has 4 atom stereocenters. The van der Waals surface area contributed by atoms with Crippen LogP contribution in [0.3, 0.4) is 0 Å². The molecule has 3 aliphatic rings. The van der Waals surface area contributed by atoms with Crippen molar-refractivity contribution >= 4 is 46.0 Å². The number of carbonyl (C=O) groups excluding carboxylic acids is 3. The molecule has 1 N–H and O–H groups in total. The lowest BCUT2D eigenvalue weighted by Gasteiger charge is -2.39. The molecular formula is C35H27ClN2O4. The number of halogens is 1. The predicted molar refractivity (Wildman–Crippen MR) is 163 cm³/mol. The van der Waals surface area contributed by atoms with Crippen LogP contribution in [0.5, 0.6) is 5.75 Å². The number of rotatable bonds is 5. The van der Waals surface area contributed by atoms with Gasteiger partial charge < -0.3 is 15.0 Å². The molecule has 0 bridgehead atoms. The van der Waals surface area contributed by atoms with Crippen molar-refractivity contribution in [2.45, 2.75) is 24.4 Å². The average Bonchev–Trinajstić information content (AvgIpc) is 3.49. The summed E-state index contributed by atoms with van der Waals surface area (Å²) < 4.78 is 5.44. The summed E-state index contributed by atoms with van der Waals surface area (Å²) in [5.74, 6) is -1.51. The molecule has 7 heteroatoms. The van der Waals surface area contributed by atoms with Crippen LogP contribution in [-0.2, 0) is 10.2 Å². The number of hydrogen-bond acceptors (Lipinski definition) is 5. The van der Waals surface area contributed by atoms with E-state index in [1.165, 1.54) is 0 Å². The molecule has 3 aliphatic heterocycles. The Kier molecular flexibility index (Phi) is 6.06. The van der Waals surface area contributed by atoms with Crippen LogP contribution in [0.15, 0.2) is 103 Å². The van der Waals surface area contributed by atoms with Crippen LogP contribution in [0.4, 0.5) is 11.4 Å². The minimum atomic E-state index is -1.40. The minimum Gasteiger partial charge on any atom is -0.497 e. The zero-order valence-electron chi connectivity index (χ0n) is 23.0. The van der Waals surface area contributed by atoms with Crippen LogP contribution >= 0.6 is 11.6 Å². The number of carbonyl (C=O) groups is 3. The number of amides is 1. The van der Waals surface area contributed by atoms with Gasteiger partial charge in [-0.1, -0.05) is 78.3 Å². The first-order valence-electron chi connectivity index (χ1n) is 13.8. The van der Waals surface area contributed by atoms with Crippen molar-refractivity contribution in [3.05, 3.63) is 130 Å². The largest absolute Gasteiger partial charge is 0.497 e. The van der Waals surface area contributed by atoms with Gasteiger partial charge in [0.25, 0.3) is 0 Å². The lowest BCUT2D eigenvalue weighted by atomic mass is 9.64. The number of nitrogens with one attached hydrogen (secondary N) is 1. The number of Topliss-reactive ketones (excluding diaryl/α,β-unsaturated/α-hetero) is 2. The zero-order chi connectivity index (χ0) is 29.2. The lowest BCUT2D eigenvalue weighted by Crippen LogP contribution is -2.51. The van der Waals surface area contributed by atoms with Crippen molar-refractivity contribution in [3.8, 4) is 5.75 Å². The highest BCUT2D eigenvalue weighted by atomic mass is 35.5. The maximum atomic E-state index is 14.9. The van der Waals surface area contributed by atoms with E-state index in [9.17, 15) is 14.4 Å². The molecule has 1 fully saturated rings. The van der Waals surface area contributed by atoms with Gasteiger partial charge in [0.2, 0.25) is 5.91 Å². The summed E-state index contributed by atoms with van der Waals surface area (Å²) in [6, 6.07) is 27.4. The summed E-state index contributed by atoms with van der Waals surface area (Å²) in [7, 11) is 1.54. The first-order valence-corrected chi connectivity index (χ1v) is 14.2. The molecule has 4 aromatic carbocycles. The van der Waals surface area contributed by atoms with Crippen LogP contribution in [0.25, 0.3) is 5.57 Å². The number of benzene rings is 4. The van der Waals surface area contributed by atoms with E-state index in [0.29, 0.717) is 22.6 Å². The van der Waals surface area contributed by atoms with Crippen molar-refractivity contribution < 1.29 is 19.1 Å². The lowest BCUT2D eigenvalue weighted by molar-refractivity contribution is -0.121. The van der Waals surface area contributed by atoms with Gasteiger partial charge in [-0.15, -0.1) is 0 Å². The summed E-state index contributed by atoms with van der Waals surface area (Å²) in [6.07, 6.45) is 2.04. The van der Waals surface area contributed by atoms with Crippen LogP contribution in [-0.4, -0.2) is 36.7 Å². The van der Waals surface area contributed by atoms with Gasteiger partial charge in [-0.25, -0.2) is 0 Å². The van der Waals surface area contributed by atoms with Crippen LogP contribution < -0.4 is 15.0 Å². The number of anilines is 2. The van der Waals surface area contributed by atoms with Gasteiger partial charge in [-0.05, 0) is 54.5 Å². The Bertz CT molecular complexity index is 1830. The Labute approximate surface area is 248 Å². The van der Waals surface area contributed by atoms with Crippen molar-refractivity contribution in [2.24, 2.45) is 5.92 Å². The maximum absolute atomic E-state index is 14.9. The molecule has 1 saturated heterocycles. The number of nitrogens with zero attached hydrogens (tertiary/aromatic N) is 1. The van der Waals surface area contributed by atoms with Crippen LogP contribution in [0.1, 0.15) is 38.8 Å². The van der Waals surface area contributed by atoms with E-state index >= 15 is 0 Å². The van der Waals surface area contributed by atoms with Gasteiger partial charge in [0.1, 0.15) is 17.2 Å². The van der Waals surface area contributed by atoms with Gasteiger partial charge in [0.15, 0.2) is 11.6 Å². The molecule has 1 spiro atoms. The molecule has 4 aromatic rings. The maximum Gasteiger partial charge on any atom is 0.238 e. The van der Waals surface area contributed by atoms with E-state index in [1.807, 2.05) is 66.4 Å². The standard InChI is InChI=1S/C35H27ClN2O4/c1-20-18-29-35(25-14-5-7-16-27(25)37-34(35)41)30(33(40)24-13-3-6-15-26(24)36)31(38(29)28-17-8-4-12-23(20)28)32(39)21-10-9-11-22(19-21)42-2/h3-19,29-31H,1-2H3,(H,37,41)/t29-,30+,31-,35+/m0/s1. The van der Waals surface area contributed by atoms with E-state index in [2.05, 4.69) is 5.32 Å². The van der Waals surface area contributed by atoms with E-state index in [0.717, 1.165) is 16.8 Å². The Morgan fingerprint density at radius 1 is 0.905 bits per heavy atom. The molecule has 42 heavy (non-hydrogen) atoms. The van der Waals surface area contributed by atoms with Gasteiger partial charge >= 0.3 is 0 Å². The Hall–Kier alpha value is -4.68. The number of hydrogen-bond donors (Lipinski definition) is 1. The SMILES string of the molecule is COc1cccc(C(=O)[C@@H]2[C@H](C(=O)c3ccccc3Cl)[C@]3(C(=O)Nc4ccccc43)[C@@H]3C=C(C)c4ccccc4N23)c1.